The van der Waals surface area contributed by atoms with Crippen LogP contribution in [0.25, 0.3) is 0 Å². The Morgan fingerprint density at radius 2 is 1.85 bits per heavy atom. The van der Waals surface area contributed by atoms with Crippen LogP contribution in [0.5, 0.6) is 0 Å². The predicted molar refractivity (Wildman–Crippen MR) is 84.6 cm³/mol. The van der Waals surface area contributed by atoms with Crippen LogP contribution in [0.15, 0.2) is 0 Å². The number of nitrogens with two attached hydrogens (primary N) is 1. The van der Waals surface area contributed by atoms with Crippen LogP contribution >= 0.6 is 0 Å². The molecule has 0 fully saturated rings. The molecule has 0 aromatic carbocycles. The molecule has 0 saturated heterocycles. The van der Waals surface area contributed by atoms with E-state index < -0.39 is 5.54 Å². The molecular weight excluding hydrogens is 252 g/mol. The second-order valence-electron chi connectivity index (χ2n) is 5.94. The molecule has 0 bridgehead atoms. The van der Waals surface area contributed by atoms with E-state index in [2.05, 4.69) is 25.7 Å². The quantitative estimate of drug-likeness (QED) is 0.469. The molecule has 4 nitrogen and oxygen atoms in total. The molecule has 0 aliphatic carbocycles. The summed E-state index contributed by atoms with van der Waals surface area (Å²) >= 11 is 0. The SMILES string of the molecule is CCC(CC)CN(CC)CCCCC(C)(N)C(=O)OC. The molecule has 0 aliphatic rings. The van der Waals surface area contributed by atoms with E-state index in [0.29, 0.717) is 6.42 Å². The van der Waals surface area contributed by atoms with Crippen molar-refractivity contribution in [2.75, 3.05) is 26.7 Å². The third-order valence-electron chi connectivity index (χ3n) is 4.19. The van der Waals surface area contributed by atoms with Gasteiger partial charge in [0.05, 0.1) is 7.11 Å². The van der Waals surface area contributed by atoms with Crippen molar-refractivity contribution < 1.29 is 9.53 Å². The maximum absolute atomic E-state index is 11.5. The molecule has 2 N–H and O–H groups in total. The highest BCUT2D eigenvalue weighted by Gasteiger charge is 2.28. The van der Waals surface area contributed by atoms with Crippen molar-refractivity contribution in [2.45, 2.75) is 65.3 Å². The Hall–Kier alpha value is -0.610. The summed E-state index contributed by atoms with van der Waals surface area (Å²) in [4.78, 5) is 14.0. The van der Waals surface area contributed by atoms with E-state index in [-0.39, 0.29) is 5.97 Å². The zero-order chi connectivity index (χ0) is 15.6. The number of hydrogen-bond donors (Lipinski definition) is 1. The molecule has 0 radical (unpaired) electrons. The fourth-order valence-electron chi connectivity index (χ4n) is 2.45. The smallest absolute Gasteiger partial charge is 0.325 e. The molecule has 0 aliphatic heterocycles. The number of carbonyl (C=O) groups excluding carboxylic acids is 1. The first-order chi connectivity index (χ1) is 9.41. The van der Waals surface area contributed by atoms with Gasteiger partial charge in [-0.25, -0.2) is 0 Å². The number of unbranched alkanes of at least 4 members (excludes halogenated alkanes) is 1. The van der Waals surface area contributed by atoms with E-state index >= 15 is 0 Å². The zero-order valence-electron chi connectivity index (χ0n) is 14.1. The average molecular weight is 286 g/mol. The van der Waals surface area contributed by atoms with Gasteiger partial charge in [-0.1, -0.05) is 33.6 Å². The van der Waals surface area contributed by atoms with Gasteiger partial charge >= 0.3 is 5.97 Å². The summed E-state index contributed by atoms with van der Waals surface area (Å²) in [6.07, 6.45) is 5.22. The van der Waals surface area contributed by atoms with Crippen molar-refractivity contribution in [3.8, 4) is 0 Å². The molecule has 0 rings (SSSR count). The number of rotatable bonds is 11. The van der Waals surface area contributed by atoms with Crippen molar-refractivity contribution in [2.24, 2.45) is 11.7 Å². The van der Waals surface area contributed by atoms with Crippen molar-refractivity contribution in [3.63, 3.8) is 0 Å². The Bertz CT molecular complexity index is 263. The lowest BCUT2D eigenvalue weighted by atomic mass is 9.96. The van der Waals surface area contributed by atoms with Crippen LogP contribution in [0.2, 0.25) is 0 Å². The molecule has 0 aromatic heterocycles. The van der Waals surface area contributed by atoms with Crippen molar-refractivity contribution >= 4 is 5.97 Å². The van der Waals surface area contributed by atoms with Gasteiger partial charge in [0.1, 0.15) is 5.54 Å². The van der Waals surface area contributed by atoms with Crippen LogP contribution < -0.4 is 5.73 Å². The molecule has 0 aromatic rings. The van der Waals surface area contributed by atoms with Gasteiger partial charge in [-0.05, 0) is 45.2 Å². The van der Waals surface area contributed by atoms with Crippen molar-refractivity contribution in [1.82, 2.24) is 4.90 Å². The molecule has 4 heteroatoms. The number of ether oxygens (including phenoxy) is 1. The molecule has 120 valence electrons. The van der Waals surface area contributed by atoms with E-state index in [1.807, 2.05) is 0 Å². The molecule has 20 heavy (non-hydrogen) atoms. The van der Waals surface area contributed by atoms with Crippen molar-refractivity contribution in [1.29, 1.82) is 0 Å². The number of hydrogen-bond acceptors (Lipinski definition) is 4. The minimum atomic E-state index is -0.846. The normalized spacial score (nSPS) is 14.6. The summed E-state index contributed by atoms with van der Waals surface area (Å²) in [5, 5.41) is 0. The molecule has 0 saturated carbocycles. The Morgan fingerprint density at radius 3 is 2.30 bits per heavy atom. The largest absolute Gasteiger partial charge is 0.468 e. The highest BCUT2D eigenvalue weighted by Crippen LogP contribution is 2.14. The van der Waals surface area contributed by atoms with Gasteiger partial charge in [0.15, 0.2) is 0 Å². The van der Waals surface area contributed by atoms with Crippen LogP contribution in [0, 0.1) is 5.92 Å². The topological polar surface area (TPSA) is 55.6 Å². The molecule has 1 unspecified atom stereocenters. The Labute approximate surface area is 125 Å². The summed E-state index contributed by atoms with van der Waals surface area (Å²) in [7, 11) is 1.39. The second-order valence-corrected chi connectivity index (χ2v) is 5.94. The summed E-state index contributed by atoms with van der Waals surface area (Å²) in [6, 6.07) is 0. The Balaban J connectivity index is 3.99. The minimum Gasteiger partial charge on any atom is -0.468 e. The van der Waals surface area contributed by atoms with E-state index in [9.17, 15) is 4.79 Å². The van der Waals surface area contributed by atoms with E-state index in [0.717, 1.165) is 31.8 Å². The van der Waals surface area contributed by atoms with Gasteiger partial charge in [0, 0.05) is 6.54 Å². The van der Waals surface area contributed by atoms with Gasteiger partial charge in [0.2, 0.25) is 0 Å². The van der Waals surface area contributed by atoms with Gasteiger partial charge in [0.25, 0.3) is 0 Å². The fraction of sp³-hybridized carbons (Fsp3) is 0.938. The van der Waals surface area contributed by atoms with Crippen LogP contribution in [-0.4, -0.2) is 43.2 Å². The summed E-state index contributed by atoms with van der Waals surface area (Å²) in [5.74, 6) is 0.478. The monoisotopic (exact) mass is 286 g/mol. The van der Waals surface area contributed by atoms with Crippen LogP contribution in [0.4, 0.5) is 0 Å². The standard InChI is InChI=1S/C16H34N2O2/c1-6-14(7-2)13-18(8-3)12-10-9-11-16(4,17)15(19)20-5/h14H,6-13,17H2,1-5H3. The van der Waals surface area contributed by atoms with Crippen molar-refractivity contribution in [3.05, 3.63) is 0 Å². The molecule has 0 amide bonds. The predicted octanol–water partition coefficient (Wildman–Crippen LogP) is 2.81. The van der Waals surface area contributed by atoms with Gasteiger partial charge in [-0.2, -0.15) is 0 Å². The number of methoxy groups -OCH3 is 1. The summed E-state index contributed by atoms with van der Waals surface area (Å²) in [5.41, 5.74) is 5.11. The first-order valence-electron chi connectivity index (χ1n) is 8.00. The first kappa shape index (κ1) is 19.4. The minimum absolute atomic E-state index is 0.318. The maximum atomic E-state index is 11.5. The fourth-order valence-corrected chi connectivity index (χ4v) is 2.45. The third-order valence-corrected chi connectivity index (χ3v) is 4.19. The second kappa shape index (κ2) is 10.2. The Morgan fingerprint density at radius 1 is 1.25 bits per heavy atom. The summed E-state index contributed by atoms with van der Waals surface area (Å²) < 4.78 is 4.72. The average Bonchev–Trinajstić information content (AvgIpc) is 2.45. The maximum Gasteiger partial charge on any atom is 0.325 e. The Kier molecular flexibility index (Phi) is 9.86. The van der Waals surface area contributed by atoms with Gasteiger partial charge < -0.3 is 15.4 Å². The van der Waals surface area contributed by atoms with Gasteiger partial charge in [-0.15, -0.1) is 0 Å². The van der Waals surface area contributed by atoms with Crippen LogP contribution in [0.1, 0.15) is 59.8 Å². The lowest BCUT2D eigenvalue weighted by molar-refractivity contribution is -0.146. The number of carbonyl (C=O) groups is 1. The lowest BCUT2D eigenvalue weighted by Crippen LogP contribution is -2.45. The summed E-state index contributed by atoms with van der Waals surface area (Å²) in [6.45, 7) is 11.8. The highest BCUT2D eigenvalue weighted by atomic mass is 16.5. The zero-order valence-corrected chi connectivity index (χ0v) is 14.1. The van der Waals surface area contributed by atoms with Crippen LogP contribution in [-0.2, 0) is 9.53 Å². The molecule has 0 heterocycles. The molecule has 0 spiro atoms. The van der Waals surface area contributed by atoms with Crippen LogP contribution in [0.3, 0.4) is 0 Å². The molecular formula is C16H34N2O2. The lowest BCUT2D eigenvalue weighted by Gasteiger charge is -2.26. The molecule has 1 atom stereocenters. The third kappa shape index (κ3) is 7.25. The van der Waals surface area contributed by atoms with E-state index in [4.69, 9.17) is 10.5 Å². The van der Waals surface area contributed by atoms with Gasteiger partial charge in [-0.3, -0.25) is 4.79 Å². The van der Waals surface area contributed by atoms with E-state index in [1.165, 1.54) is 26.5 Å². The number of esters is 1. The van der Waals surface area contributed by atoms with E-state index in [1.54, 1.807) is 6.92 Å². The first-order valence-corrected chi connectivity index (χ1v) is 8.00. The highest BCUT2D eigenvalue weighted by molar-refractivity contribution is 5.79. The number of nitrogens with zero attached hydrogens (tertiary/aromatic N) is 1.